The molecule has 1 rings (SSSR count). The van der Waals surface area contributed by atoms with Crippen molar-refractivity contribution in [3.05, 3.63) is 24.3 Å². The third kappa shape index (κ3) is 4.47. The molecule has 0 saturated heterocycles. The van der Waals surface area contributed by atoms with Crippen molar-refractivity contribution in [2.24, 2.45) is 5.92 Å². The van der Waals surface area contributed by atoms with Gasteiger partial charge < -0.3 is 10.1 Å². The first kappa shape index (κ1) is 13.6. The lowest BCUT2D eigenvalue weighted by Gasteiger charge is -2.12. The topological polar surface area (TPSA) is 38.3 Å². The average Bonchev–Trinajstić information content (AvgIpc) is 2.30. The highest BCUT2D eigenvalue weighted by Gasteiger charge is 2.10. The van der Waals surface area contributed by atoms with E-state index in [9.17, 15) is 4.79 Å². The molecule has 1 atom stereocenters. The normalized spacial score (nSPS) is 12.3. The van der Waals surface area contributed by atoms with Crippen LogP contribution in [0, 0.1) is 5.92 Å². The van der Waals surface area contributed by atoms with Gasteiger partial charge >= 0.3 is 0 Å². The first-order valence-electron chi connectivity index (χ1n) is 6.10. The standard InChI is InChI=1S/C14H21NO2/c1-5-11(4)14(16)15-12-6-8-13(9-7-12)17-10(2)3/h6-11H,5H2,1-4H3,(H,15,16). The van der Waals surface area contributed by atoms with Gasteiger partial charge in [0.2, 0.25) is 5.91 Å². The van der Waals surface area contributed by atoms with Crippen LogP contribution in [0.1, 0.15) is 34.1 Å². The van der Waals surface area contributed by atoms with E-state index in [1.54, 1.807) is 0 Å². The maximum Gasteiger partial charge on any atom is 0.227 e. The van der Waals surface area contributed by atoms with E-state index >= 15 is 0 Å². The van der Waals surface area contributed by atoms with Gasteiger partial charge in [0, 0.05) is 11.6 Å². The molecule has 1 aromatic rings. The Balaban J connectivity index is 2.59. The lowest BCUT2D eigenvalue weighted by atomic mass is 10.1. The summed E-state index contributed by atoms with van der Waals surface area (Å²) in [5, 5.41) is 2.88. The summed E-state index contributed by atoms with van der Waals surface area (Å²) in [6.45, 7) is 7.90. The first-order valence-corrected chi connectivity index (χ1v) is 6.10. The lowest BCUT2D eigenvalue weighted by molar-refractivity contribution is -0.119. The summed E-state index contributed by atoms with van der Waals surface area (Å²) in [6, 6.07) is 7.45. The van der Waals surface area contributed by atoms with Crippen LogP contribution in [-0.4, -0.2) is 12.0 Å². The smallest absolute Gasteiger partial charge is 0.227 e. The largest absolute Gasteiger partial charge is 0.491 e. The molecule has 0 bridgehead atoms. The number of carbonyl (C=O) groups excluding carboxylic acids is 1. The van der Waals surface area contributed by atoms with Crippen LogP contribution in [-0.2, 0) is 4.79 Å². The molecule has 0 aliphatic rings. The van der Waals surface area contributed by atoms with Crippen LogP contribution < -0.4 is 10.1 Å². The number of rotatable bonds is 5. The highest BCUT2D eigenvalue weighted by atomic mass is 16.5. The van der Waals surface area contributed by atoms with Gasteiger partial charge in [-0.25, -0.2) is 0 Å². The predicted octanol–water partition coefficient (Wildman–Crippen LogP) is 3.46. The molecule has 0 aliphatic heterocycles. The Morgan fingerprint density at radius 2 is 1.82 bits per heavy atom. The number of ether oxygens (including phenoxy) is 1. The molecule has 0 spiro atoms. The van der Waals surface area contributed by atoms with Crippen molar-refractivity contribution in [1.29, 1.82) is 0 Å². The molecule has 17 heavy (non-hydrogen) atoms. The predicted molar refractivity (Wildman–Crippen MR) is 70.3 cm³/mol. The molecule has 0 aromatic heterocycles. The minimum atomic E-state index is 0.0431. The number of carbonyl (C=O) groups is 1. The van der Waals surface area contributed by atoms with Gasteiger partial charge in [0.25, 0.3) is 0 Å². The molecule has 0 fully saturated rings. The van der Waals surface area contributed by atoms with Gasteiger partial charge in [-0.3, -0.25) is 4.79 Å². The summed E-state index contributed by atoms with van der Waals surface area (Å²) in [5.41, 5.74) is 0.811. The van der Waals surface area contributed by atoms with Crippen LogP contribution in [0.2, 0.25) is 0 Å². The van der Waals surface area contributed by atoms with E-state index in [1.165, 1.54) is 0 Å². The Labute approximate surface area is 103 Å². The Morgan fingerprint density at radius 3 is 2.29 bits per heavy atom. The average molecular weight is 235 g/mol. The Hall–Kier alpha value is -1.51. The van der Waals surface area contributed by atoms with Crippen molar-refractivity contribution in [2.45, 2.75) is 40.2 Å². The molecule has 0 heterocycles. The fourth-order valence-corrected chi connectivity index (χ4v) is 1.34. The van der Waals surface area contributed by atoms with E-state index < -0.39 is 0 Å². The van der Waals surface area contributed by atoms with Crippen LogP contribution in [0.5, 0.6) is 5.75 Å². The summed E-state index contributed by atoms with van der Waals surface area (Å²) in [7, 11) is 0. The molecule has 0 radical (unpaired) electrons. The molecule has 3 nitrogen and oxygen atoms in total. The number of hydrogen-bond donors (Lipinski definition) is 1. The van der Waals surface area contributed by atoms with Crippen LogP contribution in [0.3, 0.4) is 0 Å². The maximum absolute atomic E-state index is 11.7. The molecular weight excluding hydrogens is 214 g/mol. The van der Waals surface area contributed by atoms with Gasteiger partial charge in [0.1, 0.15) is 5.75 Å². The van der Waals surface area contributed by atoms with Crippen molar-refractivity contribution in [3.8, 4) is 5.75 Å². The summed E-state index contributed by atoms with van der Waals surface area (Å²) >= 11 is 0. The minimum absolute atomic E-state index is 0.0431. The summed E-state index contributed by atoms with van der Waals surface area (Å²) in [5.74, 6) is 0.924. The zero-order valence-corrected chi connectivity index (χ0v) is 11.0. The second-order valence-electron chi connectivity index (χ2n) is 4.49. The highest BCUT2D eigenvalue weighted by Crippen LogP contribution is 2.17. The van der Waals surface area contributed by atoms with Gasteiger partial charge in [-0.2, -0.15) is 0 Å². The molecule has 1 unspecified atom stereocenters. The van der Waals surface area contributed by atoms with Gasteiger partial charge in [0.05, 0.1) is 6.10 Å². The van der Waals surface area contributed by atoms with E-state index in [-0.39, 0.29) is 17.9 Å². The Kier molecular flexibility index (Phi) is 5.01. The van der Waals surface area contributed by atoms with Crippen LogP contribution in [0.4, 0.5) is 5.69 Å². The van der Waals surface area contributed by atoms with E-state index in [4.69, 9.17) is 4.74 Å². The molecule has 0 aliphatic carbocycles. The molecular formula is C14H21NO2. The quantitative estimate of drug-likeness (QED) is 0.848. The monoisotopic (exact) mass is 235 g/mol. The van der Waals surface area contributed by atoms with Crippen molar-refractivity contribution < 1.29 is 9.53 Å². The van der Waals surface area contributed by atoms with Gasteiger partial charge in [-0.1, -0.05) is 13.8 Å². The molecule has 3 heteroatoms. The van der Waals surface area contributed by atoms with Crippen molar-refractivity contribution in [2.75, 3.05) is 5.32 Å². The van der Waals surface area contributed by atoms with E-state index in [0.29, 0.717) is 0 Å². The fraction of sp³-hybridized carbons (Fsp3) is 0.500. The molecule has 1 N–H and O–H groups in total. The first-order chi connectivity index (χ1) is 8.02. The lowest BCUT2D eigenvalue weighted by Crippen LogP contribution is -2.19. The molecule has 1 amide bonds. The van der Waals surface area contributed by atoms with Crippen LogP contribution >= 0.6 is 0 Å². The third-order valence-corrected chi connectivity index (χ3v) is 2.55. The van der Waals surface area contributed by atoms with Crippen molar-refractivity contribution >= 4 is 11.6 Å². The molecule has 94 valence electrons. The maximum atomic E-state index is 11.7. The van der Waals surface area contributed by atoms with E-state index in [2.05, 4.69) is 5.32 Å². The second-order valence-corrected chi connectivity index (χ2v) is 4.49. The zero-order valence-electron chi connectivity index (χ0n) is 11.0. The Morgan fingerprint density at radius 1 is 1.24 bits per heavy atom. The zero-order chi connectivity index (χ0) is 12.8. The summed E-state index contributed by atoms with van der Waals surface area (Å²) in [4.78, 5) is 11.7. The third-order valence-electron chi connectivity index (χ3n) is 2.55. The second kappa shape index (κ2) is 6.28. The van der Waals surface area contributed by atoms with Crippen molar-refractivity contribution in [1.82, 2.24) is 0 Å². The number of anilines is 1. The van der Waals surface area contributed by atoms with Gasteiger partial charge in [-0.15, -0.1) is 0 Å². The van der Waals surface area contributed by atoms with Crippen molar-refractivity contribution in [3.63, 3.8) is 0 Å². The highest BCUT2D eigenvalue weighted by molar-refractivity contribution is 5.92. The summed E-state index contributed by atoms with van der Waals surface area (Å²) < 4.78 is 5.53. The SMILES string of the molecule is CCC(C)C(=O)Nc1ccc(OC(C)C)cc1. The number of amides is 1. The minimum Gasteiger partial charge on any atom is -0.491 e. The summed E-state index contributed by atoms with van der Waals surface area (Å²) in [6.07, 6.45) is 1.01. The Bertz CT molecular complexity index is 357. The fourth-order valence-electron chi connectivity index (χ4n) is 1.34. The number of nitrogens with one attached hydrogen (secondary N) is 1. The molecule has 0 saturated carbocycles. The van der Waals surface area contributed by atoms with Crippen LogP contribution in [0.25, 0.3) is 0 Å². The molecule has 1 aromatic carbocycles. The number of hydrogen-bond acceptors (Lipinski definition) is 2. The van der Waals surface area contributed by atoms with Gasteiger partial charge in [-0.05, 0) is 44.5 Å². The number of benzene rings is 1. The van der Waals surface area contributed by atoms with Gasteiger partial charge in [0.15, 0.2) is 0 Å². The van der Waals surface area contributed by atoms with E-state index in [1.807, 2.05) is 52.0 Å². The van der Waals surface area contributed by atoms with Crippen LogP contribution in [0.15, 0.2) is 24.3 Å². The van der Waals surface area contributed by atoms with E-state index in [0.717, 1.165) is 17.9 Å².